The minimum absolute atomic E-state index is 0.0398. The molecule has 0 spiro atoms. The number of hydrogen-bond donors (Lipinski definition) is 1. The molecule has 0 fully saturated rings. The van der Waals surface area contributed by atoms with Gasteiger partial charge in [0.2, 0.25) is 0 Å². The van der Waals surface area contributed by atoms with Crippen LogP contribution in [-0.4, -0.2) is 25.2 Å². The van der Waals surface area contributed by atoms with Crippen LogP contribution in [0.2, 0.25) is 0 Å². The molecule has 0 aliphatic heterocycles. The molecule has 0 unspecified atom stereocenters. The third-order valence-electron chi connectivity index (χ3n) is 2.82. The zero-order chi connectivity index (χ0) is 15.5. The molecule has 0 aliphatic rings. The molecule has 0 aliphatic carbocycles. The van der Waals surface area contributed by atoms with Crippen LogP contribution in [0.5, 0.6) is 11.5 Å². The van der Waals surface area contributed by atoms with Gasteiger partial charge in [0.1, 0.15) is 11.5 Å². The van der Waals surface area contributed by atoms with Gasteiger partial charge in [-0.25, -0.2) is 8.42 Å². The fraction of sp³-hybridized carbons (Fsp3) is 0.133. The fourth-order valence-electron chi connectivity index (χ4n) is 1.76. The highest BCUT2D eigenvalue weighted by Gasteiger charge is 2.18. The van der Waals surface area contributed by atoms with Gasteiger partial charge >= 0.3 is 5.97 Å². The van der Waals surface area contributed by atoms with E-state index in [1.165, 1.54) is 24.3 Å². The lowest BCUT2D eigenvalue weighted by atomic mass is 10.2. The molecular weight excluding hydrogens is 292 g/mol. The average molecular weight is 306 g/mol. The van der Waals surface area contributed by atoms with Crippen LogP contribution >= 0.6 is 0 Å². The van der Waals surface area contributed by atoms with Gasteiger partial charge in [0, 0.05) is 0 Å². The van der Waals surface area contributed by atoms with E-state index in [4.69, 9.17) is 9.84 Å². The highest BCUT2D eigenvalue weighted by Crippen LogP contribution is 2.25. The summed E-state index contributed by atoms with van der Waals surface area (Å²) in [5.74, 6) is -1.14. The van der Waals surface area contributed by atoms with Crippen LogP contribution in [0.4, 0.5) is 0 Å². The van der Waals surface area contributed by atoms with Crippen LogP contribution in [-0.2, 0) is 14.6 Å². The highest BCUT2D eigenvalue weighted by molar-refractivity contribution is 7.92. The number of para-hydroxylation sites is 1. The van der Waals surface area contributed by atoms with Gasteiger partial charge in [-0.15, -0.1) is 0 Å². The fourth-order valence-corrected chi connectivity index (χ4v) is 2.80. The van der Waals surface area contributed by atoms with Crippen molar-refractivity contribution in [2.45, 2.75) is 11.8 Å². The predicted octanol–water partition coefficient (Wildman–Crippen LogP) is 2.65. The van der Waals surface area contributed by atoms with E-state index >= 15 is 0 Å². The zero-order valence-corrected chi connectivity index (χ0v) is 12.1. The molecule has 5 nitrogen and oxygen atoms in total. The summed E-state index contributed by atoms with van der Waals surface area (Å²) in [6.07, 6.45) is 0. The lowest BCUT2D eigenvalue weighted by molar-refractivity contribution is -0.134. The Morgan fingerprint density at radius 1 is 1.10 bits per heavy atom. The van der Waals surface area contributed by atoms with E-state index in [-0.39, 0.29) is 4.90 Å². The maximum absolute atomic E-state index is 11.7. The number of ether oxygens (including phenoxy) is 1. The number of hydrogen-bond acceptors (Lipinski definition) is 4. The zero-order valence-electron chi connectivity index (χ0n) is 11.3. The number of carboxylic acids is 1. The molecule has 0 heterocycles. The van der Waals surface area contributed by atoms with Gasteiger partial charge in [-0.05, 0) is 42.8 Å². The quantitative estimate of drug-likeness (QED) is 0.918. The molecule has 6 heteroatoms. The van der Waals surface area contributed by atoms with Gasteiger partial charge in [0.15, 0.2) is 15.6 Å². The molecule has 110 valence electrons. The van der Waals surface area contributed by atoms with Gasteiger partial charge in [-0.3, -0.25) is 4.79 Å². The first-order valence-electron chi connectivity index (χ1n) is 6.16. The van der Waals surface area contributed by atoms with Crippen molar-refractivity contribution in [3.8, 4) is 11.5 Å². The number of benzene rings is 2. The van der Waals surface area contributed by atoms with Crippen molar-refractivity contribution in [3.63, 3.8) is 0 Å². The van der Waals surface area contributed by atoms with Gasteiger partial charge in [-0.2, -0.15) is 0 Å². The van der Waals surface area contributed by atoms with E-state index in [9.17, 15) is 13.2 Å². The van der Waals surface area contributed by atoms with Gasteiger partial charge in [0.25, 0.3) is 0 Å². The van der Waals surface area contributed by atoms with Gasteiger partial charge in [0.05, 0.1) is 4.90 Å². The molecule has 0 saturated heterocycles. The topological polar surface area (TPSA) is 80.7 Å². The van der Waals surface area contributed by atoms with Crippen molar-refractivity contribution < 1.29 is 23.1 Å². The Morgan fingerprint density at radius 3 is 2.29 bits per heavy atom. The first kappa shape index (κ1) is 15.1. The van der Waals surface area contributed by atoms with E-state index in [0.717, 1.165) is 5.56 Å². The number of carboxylic acid groups (broad SMARTS) is 1. The smallest absolute Gasteiger partial charge is 0.319 e. The molecule has 2 aromatic carbocycles. The summed E-state index contributed by atoms with van der Waals surface area (Å²) in [6.45, 7) is 1.90. The molecule has 0 bridgehead atoms. The molecular formula is C15H14O5S. The summed E-state index contributed by atoms with van der Waals surface area (Å²) in [4.78, 5) is 10.5. The summed E-state index contributed by atoms with van der Waals surface area (Å²) in [6, 6.07) is 13.1. The maximum Gasteiger partial charge on any atom is 0.319 e. The van der Waals surface area contributed by atoms with Crippen molar-refractivity contribution in [2.24, 2.45) is 0 Å². The number of sulfone groups is 1. The lowest BCUT2D eigenvalue weighted by Crippen LogP contribution is -2.15. The van der Waals surface area contributed by atoms with Crippen molar-refractivity contribution in [2.75, 3.05) is 5.75 Å². The predicted molar refractivity (Wildman–Crippen MR) is 77.4 cm³/mol. The van der Waals surface area contributed by atoms with Gasteiger partial charge in [-0.1, -0.05) is 18.2 Å². The number of rotatable bonds is 5. The maximum atomic E-state index is 11.7. The van der Waals surface area contributed by atoms with E-state index < -0.39 is 21.6 Å². The Bertz CT molecular complexity index is 748. The Morgan fingerprint density at radius 2 is 1.71 bits per heavy atom. The Labute approximate surface area is 122 Å². The first-order valence-corrected chi connectivity index (χ1v) is 7.82. The molecule has 0 amide bonds. The van der Waals surface area contributed by atoms with Crippen LogP contribution < -0.4 is 4.74 Å². The summed E-state index contributed by atoms with van der Waals surface area (Å²) in [5.41, 5.74) is 0.958. The number of carbonyl (C=O) groups is 1. The molecule has 21 heavy (non-hydrogen) atoms. The van der Waals surface area contributed by atoms with Crippen molar-refractivity contribution in [1.29, 1.82) is 0 Å². The van der Waals surface area contributed by atoms with Gasteiger partial charge < -0.3 is 9.84 Å². The SMILES string of the molecule is Cc1ccccc1Oc1ccc(S(=O)(=O)CC(=O)O)cc1. The second kappa shape index (κ2) is 5.97. The van der Waals surface area contributed by atoms with E-state index in [0.29, 0.717) is 11.5 Å². The van der Waals surface area contributed by atoms with Crippen LogP contribution in [0.25, 0.3) is 0 Å². The number of aryl methyl sites for hydroxylation is 1. The number of aliphatic carboxylic acids is 1. The van der Waals surface area contributed by atoms with Crippen molar-refractivity contribution >= 4 is 15.8 Å². The Hall–Kier alpha value is -2.34. The third-order valence-corrected chi connectivity index (χ3v) is 4.44. The minimum atomic E-state index is -3.81. The highest BCUT2D eigenvalue weighted by atomic mass is 32.2. The largest absolute Gasteiger partial charge is 0.480 e. The molecule has 0 atom stereocenters. The summed E-state index contributed by atoms with van der Waals surface area (Å²) >= 11 is 0. The summed E-state index contributed by atoms with van der Waals surface area (Å²) < 4.78 is 29.1. The molecule has 2 aromatic rings. The molecule has 2 rings (SSSR count). The van der Waals surface area contributed by atoms with E-state index in [1.807, 2.05) is 31.2 Å². The Balaban J connectivity index is 2.20. The van der Waals surface area contributed by atoms with E-state index in [1.54, 1.807) is 0 Å². The van der Waals surface area contributed by atoms with Crippen LogP contribution in [0, 0.1) is 6.92 Å². The molecule has 0 aromatic heterocycles. The monoisotopic (exact) mass is 306 g/mol. The van der Waals surface area contributed by atoms with Crippen molar-refractivity contribution in [3.05, 3.63) is 54.1 Å². The third kappa shape index (κ3) is 3.82. The molecule has 1 N–H and O–H groups in total. The van der Waals surface area contributed by atoms with Crippen LogP contribution in [0.15, 0.2) is 53.4 Å². The average Bonchev–Trinajstić information content (AvgIpc) is 2.40. The molecule has 0 saturated carbocycles. The summed E-state index contributed by atoms with van der Waals surface area (Å²) in [7, 11) is -3.81. The summed E-state index contributed by atoms with van der Waals surface area (Å²) in [5, 5.41) is 8.59. The minimum Gasteiger partial charge on any atom is -0.480 e. The Kier molecular flexibility index (Phi) is 4.28. The second-order valence-electron chi connectivity index (χ2n) is 4.49. The second-order valence-corrected chi connectivity index (χ2v) is 6.48. The van der Waals surface area contributed by atoms with E-state index in [2.05, 4.69) is 0 Å². The lowest BCUT2D eigenvalue weighted by Gasteiger charge is -2.09. The standard InChI is InChI=1S/C15H14O5S/c1-11-4-2-3-5-14(11)20-12-6-8-13(9-7-12)21(18,19)10-15(16)17/h2-9H,10H2,1H3,(H,16,17). The van der Waals surface area contributed by atoms with Crippen LogP contribution in [0.3, 0.4) is 0 Å². The first-order chi connectivity index (χ1) is 9.88. The normalized spacial score (nSPS) is 11.1. The molecule has 0 radical (unpaired) electrons. The van der Waals surface area contributed by atoms with Crippen molar-refractivity contribution in [1.82, 2.24) is 0 Å². The van der Waals surface area contributed by atoms with Crippen LogP contribution in [0.1, 0.15) is 5.56 Å².